The Morgan fingerprint density at radius 2 is 2.03 bits per heavy atom. The Kier molecular flexibility index (Phi) is 5.73. The van der Waals surface area contributed by atoms with Gasteiger partial charge in [-0.05, 0) is 74.6 Å². The number of esters is 1. The summed E-state index contributed by atoms with van der Waals surface area (Å²) < 4.78 is 11.3. The van der Waals surface area contributed by atoms with Crippen molar-refractivity contribution >= 4 is 11.7 Å². The molecule has 0 radical (unpaired) electrons. The van der Waals surface area contributed by atoms with Crippen molar-refractivity contribution < 1.29 is 14.3 Å². The number of benzene rings is 1. The van der Waals surface area contributed by atoms with Crippen LogP contribution in [0.1, 0.15) is 46.0 Å². The molecule has 5 rings (SSSR count). The van der Waals surface area contributed by atoms with E-state index in [-0.39, 0.29) is 23.4 Å². The van der Waals surface area contributed by atoms with Crippen molar-refractivity contribution in [3.63, 3.8) is 0 Å². The zero-order valence-corrected chi connectivity index (χ0v) is 19.9. The first-order valence-corrected chi connectivity index (χ1v) is 12.4. The van der Waals surface area contributed by atoms with Crippen molar-refractivity contribution in [2.24, 2.45) is 23.2 Å². The second kappa shape index (κ2) is 8.40. The minimum absolute atomic E-state index is 0.0130. The summed E-state index contributed by atoms with van der Waals surface area (Å²) in [6, 6.07) is 8.73. The molecule has 0 unspecified atom stereocenters. The van der Waals surface area contributed by atoms with E-state index in [1.165, 1.54) is 24.1 Å². The van der Waals surface area contributed by atoms with E-state index in [0.717, 1.165) is 51.2 Å². The quantitative estimate of drug-likeness (QED) is 0.511. The van der Waals surface area contributed by atoms with Gasteiger partial charge in [0.2, 0.25) is 0 Å². The molecule has 2 saturated heterocycles. The summed E-state index contributed by atoms with van der Waals surface area (Å²) in [7, 11) is 1.70. The highest BCUT2D eigenvalue weighted by Crippen LogP contribution is 2.57. The summed E-state index contributed by atoms with van der Waals surface area (Å²) in [5.41, 5.74) is 2.92. The van der Waals surface area contributed by atoms with Crippen molar-refractivity contribution in [2.75, 3.05) is 38.2 Å². The van der Waals surface area contributed by atoms with Gasteiger partial charge in [-0.25, -0.2) is 0 Å². The number of piperazine rings is 1. The number of nitrogens with zero attached hydrogens (tertiary/aromatic N) is 2. The van der Waals surface area contributed by atoms with E-state index in [9.17, 15) is 4.79 Å². The lowest BCUT2D eigenvalue weighted by Crippen LogP contribution is -2.54. The summed E-state index contributed by atoms with van der Waals surface area (Å²) in [5, 5.41) is 0. The summed E-state index contributed by atoms with van der Waals surface area (Å²) in [6.45, 7) is 12.9. The predicted octanol–water partition coefficient (Wildman–Crippen LogP) is 4.52. The molecule has 2 heterocycles. The molecule has 32 heavy (non-hydrogen) atoms. The normalized spacial score (nSPS) is 37.6. The molecule has 4 fully saturated rings. The van der Waals surface area contributed by atoms with Gasteiger partial charge in [0.25, 0.3) is 0 Å². The number of carbonyl (C=O) groups is 1. The van der Waals surface area contributed by atoms with E-state index in [0.29, 0.717) is 17.9 Å². The third-order valence-electron chi connectivity index (χ3n) is 8.89. The number of hydrogen-bond donors (Lipinski definition) is 0. The van der Waals surface area contributed by atoms with Gasteiger partial charge >= 0.3 is 5.97 Å². The van der Waals surface area contributed by atoms with E-state index in [1.807, 2.05) is 12.1 Å². The van der Waals surface area contributed by atoms with E-state index < -0.39 is 0 Å². The molecular weight excluding hydrogens is 400 g/mol. The molecule has 0 spiro atoms. The molecule has 0 N–H and O–H groups in total. The number of hydrogen-bond acceptors (Lipinski definition) is 5. The zero-order chi connectivity index (χ0) is 22.5. The van der Waals surface area contributed by atoms with Crippen molar-refractivity contribution in [2.45, 2.75) is 58.1 Å². The maximum absolute atomic E-state index is 12.9. The molecule has 2 aliphatic heterocycles. The van der Waals surface area contributed by atoms with Crippen molar-refractivity contribution in [1.82, 2.24) is 4.90 Å². The highest BCUT2D eigenvalue weighted by Gasteiger charge is 2.55. The van der Waals surface area contributed by atoms with Crippen LogP contribution in [-0.2, 0) is 9.53 Å². The van der Waals surface area contributed by atoms with Crippen LogP contribution >= 0.6 is 0 Å². The first kappa shape index (κ1) is 21.8. The number of methoxy groups -OCH3 is 1. The Balaban J connectivity index is 1.24. The Morgan fingerprint density at radius 3 is 2.75 bits per heavy atom. The Hall–Kier alpha value is -2.01. The van der Waals surface area contributed by atoms with Gasteiger partial charge in [0, 0.05) is 43.8 Å². The average molecular weight is 439 g/mol. The molecule has 5 nitrogen and oxygen atoms in total. The summed E-state index contributed by atoms with van der Waals surface area (Å²) in [6.07, 6.45) is 5.84. The predicted molar refractivity (Wildman–Crippen MR) is 127 cm³/mol. The van der Waals surface area contributed by atoms with Crippen LogP contribution in [0, 0.1) is 23.2 Å². The van der Waals surface area contributed by atoms with Gasteiger partial charge in [-0.3, -0.25) is 9.69 Å². The maximum Gasteiger partial charge on any atom is 0.310 e. The molecule has 0 amide bonds. The minimum Gasteiger partial charge on any atom is -0.497 e. The van der Waals surface area contributed by atoms with Crippen molar-refractivity contribution in [1.29, 1.82) is 0 Å². The van der Waals surface area contributed by atoms with Crippen LogP contribution in [-0.4, -0.2) is 56.3 Å². The number of ether oxygens (including phenoxy) is 2. The number of allylic oxidation sites excluding steroid dienone is 1. The molecule has 4 aliphatic rings. The van der Waals surface area contributed by atoms with Gasteiger partial charge in [0.15, 0.2) is 0 Å². The molecule has 1 aromatic rings. The van der Waals surface area contributed by atoms with Crippen LogP contribution in [0.4, 0.5) is 5.69 Å². The summed E-state index contributed by atoms with van der Waals surface area (Å²) in [4.78, 5) is 17.9. The first-order valence-electron chi connectivity index (χ1n) is 12.4. The number of fused-ring (bicyclic) bond motifs is 2. The minimum atomic E-state index is 0.0130. The third-order valence-corrected chi connectivity index (χ3v) is 8.89. The maximum atomic E-state index is 12.9. The van der Waals surface area contributed by atoms with E-state index in [1.54, 1.807) is 7.11 Å². The highest BCUT2D eigenvalue weighted by atomic mass is 16.6. The molecule has 6 atom stereocenters. The SMILES string of the molecule is C=C1CCC[C@]2(C)C[C@H]3OC(=O)[C@@H](CN4CCN(c5ccc(OC)cc5)[C@@H](C)C4)[C@H]3C[C@H]12. The lowest BCUT2D eigenvalue weighted by atomic mass is 9.55. The summed E-state index contributed by atoms with van der Waals surface area (Å²) >= 11 is 0. The monoisotopic (exact) mass is 438 g/mol. The van der Waals surface area contributed by atoms with Crippen molar-refractivity contribution in [3.05, 3.63) is 36.4 Å². The van der Waals surface area contributed by atoms with Gasteiger partial charge < -0.3 is 14.4 Å². The van der Waals surface area contributed by atoms with E-state index in [4.69, 9.17) is 9.47 Å². The smallest absolute Gasteiger partial charge is 0.310 e. The standard InChI is InChI=1S/C27H38N2O3/c1-18-6-5-11-27(3)15-25-22(14-24(18)27)23(26(30)32-25)17-28-12-13-29(19(2)16-28)20-7-9-21(31-4)10-8-20/h7-10,19,22-25H,1,5-6,11-17H2,2-4H3/t19-,22+,23-,24+,25+,27+/m0/s1. The van der Waals surface area contributed by atoms with Crippen molar-refractivity contribution in [3.8, 4) is 5.75 Å². The van der Waals surface area contributed by atoms with E-state index >= 15 is 0 Å². The largest absolute Gasteiger partial charge is 0.497 e. The Labute approximate surface area is 192 Å². The topological polar surface area (TPSA) is 42.0 Å². The van der Waals surface area contributed by atoms with Crippen LogP contribution in [0.2, 0.25) is 0 Å². The fourth-order valence-electron chi connectivity index (χ4n) is 7.10. The van der Waals surface area contributed by atoms with Crippen LogP contribution in [0.15, 0.2) is 36.4 Å². The van der Waals surface area contributed by atoms with Gasteiger partial charge in [0.05, 0.1) is 13.0 Å². The molecule has 0 aromatic heterocycles. The van der Waals surface area contributed by atoms with Crippen LogP contribution in [0.5, 0.6) is 5.75 Å². The van der Waals surface area contributed by atoms with Gasteiger partial charge in [-0.2, -0.15) is 0 Å². The Morgan fingerprint density at radius 1 is 1.25 bits per heavy atom. The molecular formula is C27H38N2O3. The fraction of sp³-hybridized carbons (Fsp3) is 0.667. The molecule has 174 valence electrons. The molecule has 5 heteroatoms. The highest BCUT2D eigenvalue weighted by molar-refractivity contribution is 5.75. The number of anilines is 1. The van der Waals surface area contributed by atoms with Crippen LogP contribution in [0.3, 0.4) is 0 Å². The first-order chi connectivity index (χ1) is 15.4. The fourth-order valence-corrected chi connectivity index (χ4v) is 7.10. The molecule has 0 bridgehead atoms. The summed E-state index contributed by atoms with van der Waals surface area (Å²) in [5.74, 6) is 1.85. The molecule has 2 aliphatic carbocycles. The van der Waals surface area contributed by atoms with Crippen LogP contribution in [0.25, 0.3) is 0 Å². The third kappa shape index (κ3) is 3.83. The van der Waals surface area contributed by atoms with Gasteiger partial charge in [-0.15, -0.1) is 0 Å². The zero-order valence-electron chi connectivity index (χ0n) is 19.9. The number of carbonyl (C=O) groups excluding carboxylic acids is 1. The second-order valence-corrected chi connectivity index (χ2v) is 10.9. The van der Waals surface area contributed by atoms with Gasteiger partial charge in [-0.1, -0.05) is 19.1 Å². The molecule has 1 aromatic carbocycles. The average Bonchev–Trinajstić information content (AvgIpc) is 3.06. The lowest BCUT2D eigenvalue weighted by molar-refractivity contribution is -0.146. The second-order valence-electron chi connectivity index (χ2n) is 10.9. The number of rotatable bonds is 4. The van der Waals surface area contributed by atoms with E-state index in [2.05, 4.69) is 42.4 Å². The molecule has 2 saturated carbocycles. The Bertz CT molecular complexity index is 868. The van der Waals surface area contributed by atoms with Gasteiger partial charge in [0.1, 0.15) is 11.9 Å². The lowest BCUT2D eigenvalue weighted by Gasteiger charge is -2.50. The van der Waals surface area contributed by atoms with Crippen LogP contribution < -0.4 is 9.64 Å².